The molecule has 31 heavy (non-hydrogen) atoms. The number of carbonyl (C=O) groups excluding carboxylic acids is 1. The highest BCUT2D eigenvalue weighted by Crippen LogP contribution is 2.47. The topological polar surface area (TPSA) is 58.1 Å². The van der Waals surface area contributed by atoms with Crippen LogP contribution in [0.15, 0.2) is 48.7 Å². The number of rotatable bonds is 3. The highest BCUT2D eigenvalue weighted by molar-refractivity contribution is 6.30. The van der Waals surface area contributed by atoms with Gasteiger partial charge in [-0.25, -0.2) is 14.4 Å². The van der Waals surface area contributed by atoms with Crippen LogP contribution >= 0.6 is 11.6 Å². The van der Waals surface area contributed by atoms with Crippen LogP contribution in [0.4, 0.5) is 4.39 Å². The van der Waals surface area contributed by atoms with Gasteiger partial charge in [0.25, 0.3) is 5.91 Å². The minimum Gasteiger partial charge on any atom is -0.354 e. The first-order valence-corrected chi connectivity index (χ1v) is 10.7. The summed E-state index contributed by atoms with van der Waals surface area (Å²) in [6.07, 6.45) is 3.53. The van der Waals surface area contributed by atoms with Gasteiger partial charge in [-0.1, -0.05) is 29.8 Å². The number of fused-ring (bicyclic) bond motifs is 2. The van der Waals surface area contributed by atoms with Gasteiger partial charge in [-0.2, -0.15) is 0 Å². The lowest BCUT2D eigenvalue weighted by molar-refractivity contribution is 0.0958. The van der Waals surface area contributed by atoms with Crippen molar-refractivity contribution >= 4 is 17.5 Å². The Kier molecular flexibility index (Phi) is 4.99. The Labute approximate surface area is 185 Å². The van der Waals surface area contributed by atoms with Gasteiger partial charge in [0.15, 0.2) is 5.82 Å². The highest BCUT2D eigenvalue weighted by atomic mass is 35.5. The number of halogens is 2. The third-order valence-electron chi connectivity index (χ3n) is 6.57. The van der Waals surface area contributed by atoms with E-state index in [1.54, 1.807) is 25.4 Å². The summed E-state index contributed by atoms with van der Waals surface area (Å²) in [7, 11) is 1.58. The molecule has 2 bridgehead atoms. The molecule has 0 saturated carbocycles. The van der Waals surface area contributed by atoms with Crippen LogP contribution in [-0.2, 0) is 12.0 Å². The molecule has 1 N–H and O–H groups in total. The van der Waals surface area contributed by atoms with E-state index in [0.717, 1.165) is 43.6 Å². The molecule has 3 aromatic rings. The van der Waals surface area contributed by atoms with Crippen molar-refractivity contribution in [3.05, 3.63) is 81.9 Å². The second-order valence-electron chi connectivity index (χ2n) is 8.20. The zero-order chi connectivity index (χ0) is 21.6. The number of aromatic nitrogens is 2. The van der Waals surface area contributed by atoms with E-state index in [0.29, 0.717) is 11.5 Å². The second-order valence-corrected chi connectivity index (χ2v) is 8.61. The van der Waals surface area contributed by atoms with Gasteiger partial charge in [0, 0.05) is 30.8 Å². The smallest absolute Gasteiger partial charge is 0.269 e. The molecule has 0 unspecified atom stereocenters. The maximum Gasteiger partial charge on any atom is 0.269 e. The van der Waals surface area contributed by atoms with Gasteiger partial charge in [-0.3, -0.25) is 9.69 Å². The molecule has 0 atom stereocenters. The fraction of sp³-hybridized carbons (Fsp3) is 0.292. The molecule has 1 amide bonds. The van der Waals surface area contributed by atoms with Gasteiger partial charge in [-0.05, 0) is 66.9 Å². The molecule has 0 spiro atoms. The molecule has 7 heteroatoms. The van der Waals surface area contributed by atoms with E-state index in [9.17, 15) is 9.18 Å². The van der Waals surface area contributed by atoms with E-state index in [1.165, 1.54) is 17.2 Å². The van der Waals surface area contributed by atoms with Crippen molar-refractivity contribution in [3.63, 3.8) is 0 Å². The normalized spacial score (nSPS) is 22.0. The maximum absolute atomic E-state index is 13.9. The first kappa shape index (κ1) is 20.1. The Balaban J connectivity index is 1.62. The van der Waals surface area contributed by atoms with Gasteiger partial charge in [0.2, 0.25) is 0 Å². The Morgan fingerprint density at radius 1 is 1.16 bits per heavy atom. The predicted molar refractivity (Wildman–Crippen MR) is 118 cm³/mol. The molecular weight excluding hydrogens is 415 g/mol. The first-order valence-electron chi connectivity index (χ1n) is 10.4. The number of carbonyl (C=O) groups is 1. The fourth-order valence-corrected chi connectivity index (χ4v) is 5.10. The van der Waals surface area contributed by atoms with Crippen LogP contribution in [-0.4, -0.2) is 40.9 Å². The van der Waals surface area contributed by atoms with Crippen LogP contribution in [0.3, 0.4) is 0 Å². The third-order valence-corrected chi connectivity index (χ3v) is 6.86. The number of benzene rings is 2. The first-order chi connectivity index (χ1) is 15.0. The molecular formula is C24H22ClFN4O. The van der Waals surface area contributed by atoms with E-state index in [4.69, 9.17) is 11.6 Å². The summed E-state index contributed by atoms with van der Waals surface area (Å²) in [5.74, 6) is -0.110. The van der Waals surface area contributed by atoms with Crippen molar-refractivity contribution in [2.75, 3.05) is 20.1 Å². The van der Waals surface area contributed by atoms with E-state index in [-0.39, 0.29) is 16.3 Å². The summed E-state index contributed by atoms with van der Waals surface area (Å²) < 4.78 is 13.9. The SMILES string of the molecule is CNC(=O)c1ccnc(-c2ccc3c(c2)CN2CCC3(c3ccc(F)c(Cl)c3)CC2)n1. The molecule has 3 aliphatic rings. The fourth-order valence-electron chi connectivity index (χ4n) is 4.92. The summed E-state index contributed by atoms with van der Waals surface area (Å²) in [6.45, 7) is 2.79. The zero-order valence-electron chi connectivity index (χ0n) is 17.2. The van der Waals surface area contributed by atoms with Crippen LogP contribution in [0.25, 0.3) is 11.4 Å². The quantitative estimate of drug-likeness (QED) is 0.668. The lowest BCUT2D eigenvalue weighted by Crippen LogP contribution is -2.39. The Bertz CT molecular complexity index is 1170. The minimum absolute atomic E-state index is 0.163. The van der Waals surface area contributed by atoms with Crippen molar-refractivity contribution in [1.29, 1.82) is 0 Å². The van der Waals surface area contributed by atoms with Crippen LogP contribution in [0.2, 0.25) is 5.02 Å². The summed E-state index contributed by atoms with van der Waals surface area (Å²) in [5.41, 5.74) is 4.54. The Morgan fingerprint density at radius 3 is 2.71 bits per heavy atom. The van der Waals surface area contributed by atoms with Crippen molar-refractivity contribution in [2.45, 2.75) is 24.8 Å². The summed E-state index contributed by atoms with van der Waals surface area (Å²) in [4.78, 5) is 23.2. The molecule has 1 aromatic heterocycles. The Morgan fingerprint density at radius 2 is 1.97 bits per heavy atom. The number of nitrogens with one attached hydrogen (secondary N) is 1. The number of hydrogen-bond acceptors (Lipinski definition) is 4. The molecule has 4 heterocycles. The predicted octanol–water partition coefficient (Wildman–Crippen LogP) is 4.19. The highest BCUT2D eigenvalue weighted by Gasteiger charge is 2.42. The monoisotopic (exact) mass is 436 g/mol. The summed E-state index contributed by atoms with van der Waals surface area (Å²) in [5, 5.41) is 2.76. The lowest BCUT2D eigenvalue weighted by Gasteiger charge is -2.39. The van der Waals surface area contributed by atoms with Crippen LogP contribution in [0.1, 0.15) is 40.0 Å². The third kappa shape index (κ3) is 3.40. The number of hydrogen-bond donors (Lipinski definition) is 1. The molecule has 1 saturated heterocycles. The van der Waals surface area contributed by atoms with Crippen molar-refractivity contribution in [1.82, 2.24) is 20.2 Å². The largest absolute Gasteiger partial charge is 0.354 e. The van der Waals surface area contributed by atoms with Gasteiger partial charge >= 0.3 is 0 Å². The van der Waals surface area contributed by atoms with Crippen LogP contribution in [0.5, 0.6) is 0 Å². The van der Waals surface area contributed by atoms with Crippen molar-refractivity contribution in [3.8, 4) is 11.4 Å². The number of piperidine rings is 1. The van der Waals surface area contributed by atoms with E-state index in [1.807, 2.05) is 12.1 Å². The molecule has 2 aromatic carbocycles. The Hall–Kier alpha value is -2.83. The standard InChI is InChI=1S/C24H22ClFN4O/c1-27-23(31)21-6-9-28-22(29-21)15-2-4-18-16(12-15)14-30-10-7-24(18,8-11-30)17-3-5-20(26)19(25)13-17/h2-6,9,12-13H,7-8,10-11,14H2,1H3,(H,27,31). The average molecular weight is 437 g/mol. The summed E-state index contributed by atoms with van der Waals surface area (Å²) in [6, 6.07) is 13.0. The maximum atomic E-state index is 13.9. The molecule has 1 fully saturated rings. The van der Waals surface area contributed by atoms with Gasteiger partial charge < -0.3 is 5.32 Å². The second kappa shape index (κ2) is 7.70. The minimum atomic E-state index is -0.392. The van der Waals surface area contributed by atoms with Crippen LogP contribution < -0.4 is 5.32 Å². The number of amides is 1. The lowest BCUT2D eigenvalue weighted by atomic mass is 9.68. The van der Waals surface area contributed by atoms with Crippen LogP contribution in [0, 0.1) is 5.82 Å². The van der Waals surface area contributed by atoms with E-state index in [2.05, 4.69) is 32.3 Å². The van der Waals surface area contributed by atoms with E-state index >= 15 is 0 Å². The molecule has 3 aliphatic heterocycles. The van der Waals surface area contributed by atoms with Crippen molar-refractivity contribution < 1.29 is 9.18 Å². The van der Waals surface area contributed by atoms with Gasteiger partial charge in [0.05, 0.1) is 5.02 Å². The molecule has 0 aliphatic carbocycles. The molecule has 158 valence electrons. The summed E-state index contributed by atoms with van der Waals surface area (Å²) >= 11 is 6.16. The number of nitrogens with zero attached hydrogens (tertiary/aromatic N) is 3. The molecule has 6 rings (SSSR count). The van der Waals surface area contributed by atoms with Crippen molar-refractivity contribution in [2.24, 2.45) is 0 Å². The average Bonchev–Trinajstić information content (AvgIpc) is 3.06. The molecule has 5 nitrogen and oxygen atoms in total. The zero-order valence-corrected chi connectivity index (χ0v) is 17.9. The van der Waals surface area contributed by atoms with Gasteiger partial charge in [-0.15, -0.1) is 0 Å². The van der Waals surface area contributed by atoms with E-state index < -0.39 is 5.82 Å². The van der Waals surface area contributed by atoms with Gasteiger partial charge in [0.1, 0.15) is 11.5 Å². The molecule has 0 radical (unpaired) electrons.